The van der Waals surface area contributed by atoms with Gasteiger partial charge in [-0.2, -0.15) is 10.2 Å². The van der Waals surface area contributed by atoms with Crippen LogP contribution in [0.15, 0.2) is 52.9 Å². The minimum absolute atomic E-state index is 0.150. The van der Waals surface area contributed by atoms with Gasteiger partial charge in [-0.15, -0.1) is 0 Å². The molecule has 0 bridgehead atoms. The Hall–Kier alpha value is -4.12. The van der Waals surface area contributed by atoms with Gasteiger partial charge in [-0.1, -0.05) is 18.2 Å². The summed E-state index contributed by atoms with van der Waals surface area (Å²) >= 11 is 0. The second-order valence-electron chi connectivity index (χ2n) is 7.18. The molecule has 8 heteroatoms. The molecule has 1 aliphatic rings. The number of halogens is 1. The third kappa shape index (κ3) is 4.47. The van der Waals surface area contributed by atoms with Crippen LogP contribution >= 0.6 is 0 Å². The van der Waals surface area contributed by atoms with E-state index in [1.165, 1.54) is 24.3 Å². The van der Waals surface area contributed by atoms with Crippen LogP contribution in [-0.2, 0) is 0 Å². The molecule has 0 aliphatic carbocycles. The Morgan fingerprint density at radius 1 is 1.12 bits per heavy atom. The lowest BCUT2D eigenvalue weighted by Gasteiger charge is -2.34. The summed E-state index contributed by atoms with van der Waals surface area (Å²) in [6, 6.07) is 15.1. The quantitative estimate of drug-likeness (QED) is 0.610. The number of nitrogens with zero attached hydrogens (tertiary/aromatic N) is 4. The van der Waals surface area contributed by atoms with Crippen molar-refractivity contribution in [2.75, 3.05) is 38.2 Å². The van der Waals surface area contributed by atoms with Gasteiger partial charge in [-0.25, -0.2) is 4.39 Å². The minimum Gasteiger partial charge on any atom is -0.496 e. The van der Waals surface area contributed by atoms with Gasteiger partial charge in [0.05, 0.1) is 7.11 Å². The highest BCUT2D eigenvalue weighted by atomic mass is 19.1. The minimum atomic E-state index is -0.378. The average molecular weight is 432 g/mol. The molecule has 2 heterocycles. The molecule has 0 spiro atoms. The first-order valence-electron chi connectivity index (χ1n) is 10.1. The third-order valence-corrected chi connectivity index (χ3v) is 5.22. The number of benzene rings is 2. The van der Waals surface area contributed by atoms with E-state index in [2.05, 4.69) is 11.1 Å². The molecule has 0 atom stereocenters. The molecule has 4 rings (SSSR count). The van der Waals surface area contributed by atoms with E-state index < -0.39 is 0 Å². The number of anilines is 1. The van der Waals surface area contributed by atoms with Crippen molar-refractivity contribution in [1.29, 1.82) is 5.26 Å². The molecule has 1 aromatic heterocycles. The smallest absolute Gasteiger partial charge is 0.253 e. The molecule has 0 radical (unpaired) electrons. The van der Waals surface area contributed by atoms with Gasteiger partial charge < -0.3 is 19.0 Å². The molecule has 1 aliphatic heterocycles. The SMILES string of the molecule is COc1ccccc1C=Cc1nc(C#N)c(N2CCN(C(=O)c3ccc(F)cc3)CC2)o1. The van der Waals surface area contributed by atoms with E-state index in [4.69, 9.17) is 9.15 Å². The molecule has 3 aromatic rings. The number of ether oxygens (including phenoxy) is 1. The Morgan fingerprint density at radius 2 is 1.84 bits per heavy atom. The summed E-state index contributed by atoms with van der Waals surface area (Å²) in [5.41, 5.74) is 1.50. The van der Waals surface area contributed by atoms with Crippen LogP contribution in [0.25, 0.3) is 12.2 Å². The summed E-state index contributed by atoms with van der Waals surface area (Å²) in [5, 5.41) is 9.50. The van der Waals surface area contributed by atoms with Gasteiger partial charge in [0.15, 0.2) is 0 Å². The number of methoxy groups -OCH3 is 1. The highest BCUT2D eigenvalue weighted by molar-refractivity contribution is 5.94. The van der Waals surface area contributed by atoms with Crippen molar-refractivity contribution in [3.8, 4) is 11.8 Å². The van der Waals surface area contributed by atoms with E-state index in [9.17, 15) is 14.4 Å². The molecule has 1 fully saturated rings. The van der Waals surface area contributed by atoms with Crippen molar-refractivity contribution in [3.63, 3.8) is 0 Å². The Kier molecular flexibility index (Phi) is 6.17. The molecule has 162 valence electrons. The van der Waals surface area contributed by atoms with E-state index in [0.717, 1.165) is 11.3 Å². The molecule has 0 unspecified atom stereocenters. The number of hydrogen-bond acceptors (Lipinski definition) is 6. The number of para-hydroxylation sites is 1. The molecule has 2 aromatic carbocycles. The van der Waals surface area contributed by atoms with E-state index in [1.54, 1.807) is 18.1 Å². The van der Waals surface area contributed by atoms with E-state index in [1.807, 2.05) is 35.2 Å². The van der Waals surface area contributed by atoms with Crippen LogP contribution in [0.3, 0.4) is 0 Å². The molecule has 1 saturated heterocycles. The summed E-state index contributed by atoms with van der Waals surface area (Å²) in [6.07, 6.45) is 3.51. The van der Waals surface area contributed by atoms with Crippen LogP contribution in [0.1, 0.15) is 27.5 Å². The van der Waals surface area contributed by atoms with Crippen LogP contribution in [0.5, 0.6) is 5.75 Å². The number of piperazine rings is 1. The fourth-order valence-electron chi connectivity index (χ4n) is 3.54. The predicted octanol–water partition coefficient (Wildman–Crippen LogP) is 3.83. The first-order valence-corrected chi connectivity index (χ1v) is 10.1. The third-order valence-electron chi connectivity index (χ3n) is 5.22. The monoisotopic (exact) mass is 432 g/mol. The number of hydrogen-bond donors (Lipinski definition) is 0. The van der Waals surface area contributed by atoms with E-state index in [0.29, 0.717) is 43.5 Å². The first-order chi connectivity index (χ1) is 15.6. The lowest BCUT2D eigenvalue weighted by atomic mass is 10.2. The topological polar surface area (TPSA) is 82.6 Å². The van der Waals surface area contributed by atoms with Gasteiger partial charge in [0.25, 0.3) is 5.91 Å². The second-order valence-corrected chi connectivity index (χ2v) is 7.18. The van der Waals surface area contributed by atoms with Crippen LogP contribution in [-0.4, -0.2) is 49.1 Å². The van der Waals surface area contributed by atoms with Gasteiger partial charge in [0.1, 0.15) is 17.6 Å². The van der Waals surface area contributed by atoms with Gasteiger partial charge in [-0.05, 0) is 36.4 Å². The lowest BCUT2D eigenvalue weighted by molar-refractivity contribution is 0.0745. The number of carbonyl (C=O) groups excluding carboxylic acids is 1. The van der Waals surface area contributed by atoms with Crippen molar-refractivity contribution in [3.05, 3.63) is 77.1 Å². The Morgan fingerprint density at radius 3 is 2.53 bits per heavy atom. The van der Waals surface area contributed by atoms with Crippen molar-refractivity contribution in [1.82, 2.24) is 9.88 Å². The fourth-order valence-corrected chi connectivity index (χ4v) is 3.54. The van der Waals surface area contributed by atoms with E-state index >= 15 is 0 Å². The highest BCUT2D eigenvalue weighted by Gasteiger charge is 2.26. The summed E-state index contributed by atoms with van der Waals surface area (Å²) in [6.45, 7) is 1.89. The van der Waals surface area contributed by atoms with Gasteiger partial charge in [0.2, 0.25) is 17.5 Å². The van der Waals surface area contributed by atoms with Crippen molar-refractivity contribution in [2.45, 2.75) is 0 Å². The molecular weight excluding hydrogens is 411 g/mol. The van der Waals surface area contributed by atoms with Crippen LogP contribution in [0, 0.1) is 17.1 Å². The standard InChI is InChI=1S/C24H21FN4O3/c1-31-21-5-3-2-4-17(21)8-11-22-27-20(16-26)24(32-22)29-14-12-28(13-15-29)23(30)18-6-9-19(25)10-7-18/h2-11H,12-15H2,1H3. The van der Waals surface area contributed by atoms with Crippen LogP contribution < -0.4 is 9.64 Å². The van der Waals surface area contributed by atoms with Gasteiger partial charge in [0, 0.05) is 43.4 Å². The maximum atomic E-state index is 13.1. The maximum absolute atomic E-state index is 13.1. The zero-order valence-corrected chi connectivity index (χ0v) is 17.5. The molecular formula is C24H21FN4O3. The second kappa shape index (κ2) is 9.35. The molecule has 0 N–H and O–H groups in total. The van der Waals surface area contributed by atoms with Crippen molar-refractivity contribution >= 4 is 23.9 Å². The Balaban J connectivity index is 1.45. The number of aromatic nitrogens is 1. The number of amides is 1. The summed E-state index contributed by atoms with van der Waals surface area (Å²) in [5.74, 6) is 0.894. The van der Waals surface area contributed by atoms with E-state index in [-0.39, 0.29) is 17.4 Å². The Bertz CT molecular complexity index is 1170. The number of oxazole rings is 1. The van der Waals surface area contributed by atoms with Gasteiger partial charge >= 0.3 is 0 Å². The van der Waals surface area contributed by atoms with Crippen molar-refractivity contribution < 1.29 is 18.3 Å². The zero-order chi connectivity index (χ0) is 22.5. The fraction of sp³-hybridized carbons (Fsp3) is 0.208. The average Bonchev–Trinajstić information content (AvgIpc) is 3.26. The largest absolute Gasteiger partial charge is 0.496 e. The lowest BCUT2D eigenvalue weighted by Crippen LogP contribution is -2.48. The number of carbonyl (C=O) groups is 1. The van der Waals surface area contributed by atoms with Crippen molar-refractivity contribution in [2.24, 2.45) is 0 Å². The molecule has 0 saturated carbocycles. The first kappa shape index (κ1) is 21.1. The summed E-state index contributed by atoms with van der Waals surface area (Å²) in [7, 11) is 1.60. The summed E-state index contributed by atoms with van der Waals surface area (Å²) < 4.78 is 24.3. The van der Waals surface area contributed by atoms with Crippen LogP contribution in [0.2, 0.25) is 0 Å². The normalized spacial score (nSPS) is 13.9. The maximum Gasteiger partial charge on any atom is 0.253 e. The molecule has 7 nitrogen and oxygen atoms in total. The highest BCUT2D eigenvalue weighted by Crippen LogP contribution is 2.26. The van der Waals surface area contributed by atoms with Crippen LogP contribution in [0.4, 0.5) is 10.3 Å². The number of nitriles is 1. The molecule has 1 amide bonds. The molecule has 32 heavy (non-hydrogen) atoms. The predicted molar refractivity (Wildman–Crippen MR) is 118 cm³/mol. The van der Waals surface area contributed by atoms with Gasteiger partial charge in [-0.3, -0.25) is 4.79 Å². The summed E-state index contributed by atoms with van der Waals surface area (Å²) in [4.78, 5) is 20.5. The zero-order valence-electron chi connectivity index (χ0n) is 17.5. The Labute approximate surface area is 185 Å². The number of rotatable bonds is 5.